The lowest BCUT2D eigenvalue weighted by Crippen LogP contribution is -2.34. The van der Waals surface area contributed by atoms with Crippen molar-refractivity contribution in [1.82, 2.24) is 0 Å². The summed E-state index contributed by atoms with van der Waals surface area (Å²) < 4.78 is 0. The lowest BCUT2D eigenvalue weighted by atomic mass is 9.69. The molecule has 0 aliphatic heterocycles. The Bertz CT molecular complexity index is 443. The van der Waals surface area contributed by atoms with Crippen LogP contribution in [0.1, 0.15) is 50.5 Å². The number of hydrogen-bond acceptors (Lipinski definition) is 1. The fourth-order valence-electron chi connectivity index (χ4n) is 3.96. The van der Waals surface area contributed by atoms with E-state index >= 15 is 0 Å². The Morgan fingerprint density at radius 3 is 2.63 bits per heavy atom. The molecule has 0 bridgehead atoms. The van der Waals surface area contributed by atoms with Gasteiger partial charge in [0, 0.05) is 6.04 Å². The molecule has 19 heavy (non-hydrogen) atoms. The number of anilines is 1. The van der Waals surface area contributed by atoms with Crippen LogP contribution in [0.2, 0.25) is 5.02 Å². The van der Waals surface area contributed by atoms with Crippen LogP contribution in [0, 0.1) is 18.8 Å². The van der Waals surface area contributed by atoms with Gasteiger partial charge in [0.1, 0.15) is 0 Å². The van der Waals surface area contributed by atoms with Crippen molar-refractivity contribution in [2.24, 2.45) is 11.8 Å². The molecule has 3 rings (SSSR count). The lowest BCUT2D eigenvalue weighted by molar-refractivity contribution is 0.162. The molecule has 1 N–H and O–H groups in total. The van der Waals surface area contributed by atoms with E-state index in [0.717, 1.165) is 22.5 Å². The molecule has 0 aromatic heterocycles. The highest BCUT2D eigenvalue weighted by molar-refractivity contribution is 6.33. The summed E-state index contributed by atoms with van der Waals surface area (Å²) in [6, 6.07) is 6.95. The molecule has 0 heterocycles. The molecule has 2 fully saturated rings. The summed E-state index contributed by atoms with van der Waals surface area (Å²) >= 11 is 6.32. The van der Waals surface area contributed by atoms with Crippen LogP contribution in [0.4, 0.5) is 5.69 Å². The number of fused-ring (bicyclic) bond motifs is 1. The maximum absolute atomic E-state index is 6.32. The van der Waals surface area contributed by atoms with Crippen molar-refractivity contribution >= 4 is 17.3 Å². The van der Waals surface area contributed by atoms with Gasteiger partial charge >= 0.3 is 0 Å². The number of nitrogens with one attached hydrogen (secondary N) is 1. The Morgan fingerprint density at radius 1 is 1.05 bits per heavy atom. The molecule has 0 spiro atoms. The fourth-order valence-corrected chi connectivity index (χ4v) is 4.25. The Kier molecular flexibility index (Phi) is 4.02. The van der Waals surface area contributed by atoms with Gasteiger partial charge in [-0.3, -0.25) is 0 Å². The van der Waals surface area contributed by atoms with E-state index in [1.165, 1.54) is 50.5 Å². The first-order chi connectivity index (χ1) is 9.22. The second kappa shape index (κ2) is 5.75. The molecule has 0 radical (unpaired) electrons. The molecule has 0 saturated heterocycles. The SMILES string of the molecule is Cc1ccc(NC2CCC3CCCCC3C2)c(Cl)c1. The van der Waals surface area contributed by atoms with Crippen molar-refractivity contribution in [2.75, 3.05) is 5.32 Å². The van der Waals surface area contributed by atoms with Crippen LogP contribution in [0.3, 0.4) is 0 Å². The standard InChI is InChI=1S/C17H24ClN/c1-12-6-9-17(16(18)10-12)19-15-8-7-13-4-2-3-5-14(13)11-15/h6,9-10,13-15,19H,2-5,7-8,11H2,1H3. The van der Waals surface area contributed by atoms with Gasteiger partial charge in [-0.05, 0) is 55.7 Å². The summed E-state index contributed by atoms with van der Waals surface area (Å²) in [5.74, 6) is 1.98. The van der Waals surface area contributed by atoms with Crippen molar-refractivity contribution in [1.29, 1.82) is 0 Å². The van der Waals surface area contributed by atoms with Crippen molar-refractivity contribution in [3.63, 3.8) is 0 Å². The van der Waals surface area contributed by atoms with Gasteiger partial charge in [0.2, 0.25) is 0 Å². The van der Waals surface area contributed by atoms with Gasteiger partial charge in [-0.2, -0.15) is 0 Å². The molecule has 1 aromatic carbocycles. The van der Waals surface area contributed by atoms with E-state index in [0.29, 0.717) is 6.04 Å². The minimum Gasteiger partial charge on any atom is -0.381 e. The van der Waals surface area contributed by atoms with Gasteiger partial charge in [0.25, 0.3) is 0 Å². The van der Waals surface area contributed by atoms with Gasteiger partial charge in [-0.15, -0.1) is 0 Å². The third-order valence-electron chi connectivity index (χ3n) is 5.02. The first kappa shape index (κ1) is 13.3. The first-order valence-electron chi connectivity index (χ1n) is 7.75. The van der Waals surface area contributed by atoms with Crippen LogP contribution in [-0.4, -0.2) is 6.04 Å². The zero-order valence-corrected chi connectivity index (χ0v) is 12.5. The monoisotopic (exact) mass is 277 g/mol. The van der Waals surface area contributed by atoms with E-state index in [9.17, 15) is 0 Å². The molecule has 1 nitrogen and oxygen atoms in total. The number of rotatable bonds is 2. The zero-order chi connectivity index (χ0) is 13.2. The van der Waals surface area contributed by atoms with Gasteiger partial charge in [-0.1, -0.05) is 43.4 Å². The Labute approximate surface area is 121 Å². The molecule has 3 unspecified atom stereocenters. The summed E-state index contributed by atoms with van der Waals surface area (Å²) in [5, 5.41) is 4.54. The van der Waals surface area contributed by atoms with Gasteiger partial charge in [0.05, 0.1) is 10.7 Å². The third-order valence-corrected chi connectivity index (χ3v) is 5.34. The highest BCUT2D eigenvalue weighted by Gasteiger charge is 2.32. The molecule has 3 atom stereocenters. The smallest absolute Gasteiger partial charge is 0.0640 e. The number of hydrogen-bond donors (Lipinski definition) is 1. The van der Waals surface area contributed by atoms with Crippen LogP contribution in [-0.2, 0) is 0 Å². The van der Waals surface area contributed by atoms with Crippen LogP contribution >= 0.6 is 11.6 Å². The Morgan fingerprint density at radius 2 is 1.84 bits per heavy atom. The maximum atomic E-state index is 6.32. The highest BCUT2D eigenvalue weighted by atomic mass is 35.5. The normalized spacial score (nSPS) is 30.7. The predicted octanol–water partition coefficient (Wildman–Crippen LogP) is 5.42. The highest BCUT2D eigenvalue weighted by Crippen LogP contribution is 2.41. The first-order valence-corrected chi connectivity index (χ1v) is 8.13. The average Bonchev–Trinajstić information content (AvgIpc) is 2.42. The second-order valence-corrected chi connectivity index (χ2v) is 6.85. The number of halogens is 1. The summed E-state index contributed by atoms with van der Waals surface area (Å²) in [4.78, 5) is 0. The van der Waals surface area contributed by atoms with Crippen LogP contribution in [0.5, 0.6) is 0 Å². The quantitative estimate of drug-likeness (QED) is 0.761. The second-order valence-electron chi connectivity index (χ2n) is 6.44. The summed E-state index contributed by atoms with van der Waals surface area (Å²) in [7, 11) is 0. The molecule has 2 aliphatic carbocycles. The fraction of sp³-hybridized carbons (Fsp3) is 0.647. The van der Waals surface area contributed by atoms with Gasteiger partial charge in [0.15, 0.2) is 0 Å². The van der Waals surface area contributed by atoms with E-state index in [1.807, 2.05) is 0 Å². The number of aryl methyl sites for hydroxylation is 1. The van der Waals surface area contributed by atoms with Crippen LogP contribution < -0.4 is 5.32 Å². The molecular formula is C17H24ClN. The van der Waals surface area contributed by atoms with Crippen molar-refractivity contribution < 1.29 is 0 Å². The molecule has 1 aromatic rings. The molecule has 104 valence electrons. The van der Waals surface area contributed by atoms with Crippen LogP contribution in [0.25, 0.3) is 0 Å². The van der Waals surface area contributed by atoms with E-state index in [-0.39, 0.29) is 0 Å². The predicted molar refractivity (Wildman–Crippen MR) is 82.9 cm³/mol. The topological polar surface area (TPSA) is 12.0 Å². The van der Waals surface area contributed by atoms with E-state index < -0.39 is 0 Å². The summed E-state index contributed by atoms with van der Waals surface area (Å²) in [6.07, 6.45) is 9.89. The minimum absolute atomic E-state index is 0.625. The number of benzene rings is 1. The minimum atomic E-state index is 0.625. The maximum Gasteiger partial charge on any atom is 0.0640 e. The van der Waals surface area contributed by atoms with Crippen molar-refractivity contribution in [2.45, 2.75) is 57.9 Å². The van der Waals surface area contributed by atoms with E-state index in [1.54, 1.807) is 0 Å². The van der Waals surface area contributed by atoms with E-state index in [4.69, 9.17) is 11.6 Å². The van der Waals surface area contributed by atoms with Gasteiger partial charge < -0.3 is 5.32 Å². The largest absolute Gasteiger partial charge is 0.381 e. The van der Waals surface area contributed by atoms with Crippen molar-refractivity contribution in [3.05, 3.63) is 28.8 Å². The van der Waals surface area contributed by atoms with Crippen LogP contribution in [0.15, 0.2) is 18.2 Å². The molecule has 2 heteroatoms. The zero-order valence-electron chi connectivity index (χ0n) is 11.8. The third kappa shape index (κ3) is 3.08. The molecular weight excluding hydrogens is 254 g/mol. The molecule has 2 saturated carbocycles. The van der Waals surface area contributed by atoms with Gasteiger partial charge in [-0.25, -0.2) is 0 Å². The Hall–Kier alpha value is -0.690. The summed E-state index contributed by atoms with van der Waals surface area (Å²) in [6.45, 7) is 2.09. The van der Waals surface area contributed by atoms with Crippen molar-refractivity contribution in [3.8, 4) is 0 Å². The Balaban J connectivity index is 1.64. The van der Waals surface area contributed by atoms with E-state index in [2.05, 4.69) is 30.4 Å². The molecule has 2 aliphatic rings. The lowest BCUT2D eigenvalue weighted by Gasteiger charge is -2.40. The molecule has 0 amide bonds. The summed E-state index contributed by atoms with van der Waals surface area (Å²) in [5.41, 5.74) is 2.35. The average molecular weight is 278 g/mol.